The van der Waals surface area contributed by atoms with Crippen molar-refractivity contribution in [3.8, 4) is 17.2 Å². The van der Waals surface area contributed by atoms with Crippen molar-refractivity contribution in [2.24, 2.45) is 5.73 Å². The molecule has 7 nitrogen and oxygen atoms in total. The molecule has 3 rings (SSSR count). The smallest absolute Gasteiger partial charge is 0.172 e. The Hall–Kier alpha value is -3.06. The fraction of sp³-hybridized carbons (Fsp3) is 0.300. The third kappa shape index (κ3) is 4.77. The minimum atomic E-state index is -0.485. The zero-order valence-corrected chi connectivity index (χ0v) is 15.5. The number of aromatic amines is 1. The first-order chi connectivity index (χ1) is 13.2. The molecule has 0 saturated heterocycles. The van der Waals surface area contributed by atoms with Crippen LogP contribution in [0.2, 0.25) is 0 Å². The lowest BCUT2D eigenvalue weighted by molar-refractivity contribution is 0.287. The number of para-hydroxylation sites is 1. The first-order valence-corrected chi connectivity index (χ1v) is 8.95. The summed E-state index contributed by atoms with van der Waals surface area (Å²) in [6.07, 6.45) is 0. The van der Waals surface area contributed by atoms with Crippen LogP contribution >= 0.6 is 0 Å². The minimum absolute atomic E-state index is 0.289. The van der Waals surface area contributed by atoms with Crippen LogP contribution in [-0.4, -0.2) is 28.4 Å². The van der Waals surface area contributed by atoms with Gasteiger partial charge in [0.2, 0.25) is 0 Å². The highest BCUT2D eigenvalue weighted by Gasteiger charge is 2.17. The molecule has 0 bridgehead atoms. The average molecular weight is 368 g/mol. The van der Waals surface area contributed by atoms with Crippen LogP contribution in [0.25, 0.3) is 0 Å². The van der Waals surface area contributed by atoms with Crippen molar-refractivity contribution in [3.05, 3.63) is 65.7 Å². The molecule has 1 unspecified atom stereocenters. The van der Waals surface area contributed by atoms with E-state index in [1.54, 1.807) is 0 Å². The summed E-state index contributed by atoms with van der Waals surface area (Å²) in [5.41, 5.74) is 7.19. The maximum atomic E-state index is 6.34. The second-order valence-electron chi connectivity index (χ2n) is 5.79. The van der Waals surface area contributed by atoms with Crippen LogP contribution in [0, 0.1) is 0 Å². The van der Waals surface area contributed by atoms with Crippen LogP contribution in [0.4, 0.5) is 0 Å². The quantitative estimate of drug-likeness (QED) is 0.602. The van der Waals surface area contributed by atoms with E-state index in [0.29, 0.717) is 36.4 Å². The highest BCUT2D eigenvalue weighted by molar-refractivity contribution is 5.44. The van der Waals surface area contributed by atoms with Crippen LogP contribution in [0.1, 0.15) is 37.1 Å². The lowest BCUT2D eigenvalue weighted by Crippen LogP contribution is -2.14. The van der Waals surface area contributed by atoms with Gasteiger partial charge in [-0.3, -0.25) is 5.10 Å². The zero-order valence-electron chi connectivity index (χ0n) is 15.5. The molecule has 7 heteroatoms. The van der Waals surface area contributed by atoms with Crippen LogP contribution < -0.4 is 19.9 Å². The van der Waals surface area contributed by atoms with Gasteiger partial charge in [-0.2, -0.15) is 5.10 Å². The molecule has 1 aromatic heterocycles. The Labute approximate surface area is 158 Å². The highest BCUT2D eigenvalue weighted by Crippen LogP contribution is 2.31. The van der Waals surface area contributed by atoms with Gasteiger partial charge in [0.25, 0.3) is 0 Å². The minimum Gasteiger partial charge on any atom is -0.490 e. The average Bonchev–Trinajstić information content (AvgIpc) is 3.17. The number of hydrogen-bond acceptors (Lipinski definition) is 6. The van der Waals surface area contributed by atoms with Crippen LogP contribution in [-0.2, 0) is 6.61 Å². The molecule has 0 aliphatic heterocycles. The predicted molar refractivity (Wildman–Crippen MR) is 102 cm³/mol. The second-order valence-corrected chi connectivity index (χ2v) is 5.79. The number of ether oxygens (including phenoxy) is 3. The summed E-state index contributed by atoms with van der Waals surface area (Å²) in [7, 11) is 0. The normalized spacial score (nSPS) is 11.8. The van der Waals surface area contributed by atoms with Gasteiger partial charge < -0.3 is 19.9 Å². The highest BCUT2D eigenvalue weighted by atomic mass is 16.5. The Kier molecular flexibility index (Phi) is 6.27. The second kappa shape index (κ2) is 9.05. The fourth-order valence-electron chi connectivity index (χ4n) is 2.59. The molecule has 3 aromatic rings. The maximum absolute atomic E-state index is 6.34. The van der Waals surface area contributed by atoms with Crippen LogP contribution in [0.15, 0.2) is 48.5 Å². The van der Waals surface area contributed by atoms with E-state index in [-0.39, 0.29) is 6.61 Å². The van der Waals surface area contributed by atoms with Crippen molar-refractivity contribution in [1.82, 2.24) is 15.2 Å². The van der Waals surface area contributed by atoms with Crippen molar-refractivity contribution in [3.63, 3.8) is 0 Å². The Balaban J connectivity index is 1.71. The number of aromatic nitrogens is 3. The van der Waals surface area contributed by atoms with Gasteiger partial charge in [0.15, 0.2) is 23.1 Å². The van der Waals surface area contributed by atoms with E-state index >= 15 is 0 Å². The molecule has 0 aliphatic rings. The summed E-state index contributed by atoms with van der Waals surface area (Å²) in [5.74, 6) is 3.24. The van der Waals surface area contributed by atoms with Crippen molar-refractivity contribution in [2.75, 3.05) is 13.2 Å². The number of benzene rings is 2. The maximum Gasteiger partial charge on any atom is 0.172 e. The van der Waals surface area contributed by atoms with Gasteiger partial charge in [-0.1, -0.05) is 24.3 Å². The summed E-state index contributed by atoms with van der Waals surface area (Å²) in [4.78, 5) is 4.45. The lowest BCUT2D eigenvalue weighted by atomic mass is 10.1. The molecule has 0 saturated carbocycles. The molecule has 3 N–H and O–H groups in total. The number of rotatable bonds is 9. The number of hydrogen-bond donors (Lipinski definition) is 2. The zero-order chi connectivity index (χ0) is 19.1. The topological polar surface area (TPSA) is 95.3 Å². The summed E-state index contributed by atoms with van der Waals surface area (Å²) in [5, 5.41) is 7.10. The lowest BCUT2D eigenvalue weighted by Gasteiger charge is -2.14. The van der Waals surface area contributed by atoms with Gasteiger partial charge in [0.05, 0.1) is 19.3 Å². The molecular weight excluding hydrogens is 344 g/mol. The third-order valence-electron chi connectivity index (χ3n) is 3.87. The van der Waals surface area contributed by atoms with E-state index in [9.17, 15) is 0 Å². The van der Waals surface area contributed by atoms with Gasteiger partial charge >= 0.3 is 0 Å². The molecular formula is C20H24N4O3. The molecule has 27 heavy (non-hydrogen) atoms. The van der Waals surface area contributed by atoms with E-state index in [0.717, 1.165) is 11.3 Å². The Morgan fingerprint density at radius 2 is 1.70 bits per heavy atom. The van der Waals surface area contributed by atoms with Crippen molar-refractivity contribution >= 4 is 0 Å². The molecule has 142 valence electrons. The number of nitrogens with zero attached hydrogens (tertiary/aromatic N) is 2. The first kappa shape index (κ1) is 18.7. The molecule has 0 radical (unpaired) electrons. The molecule has 1 atom stereocenters. The van der Waals surface area contributed by atoms with Gasteiger partial charge in [-0.05, 0) is 43.7 Å². The number of H-pyrrole nitrogens is 1. The predicted octanol–water partition coefficient (Wildman–Crippen LogP) is 3.23. The van der Waals surface area contributed by atoms with Gasteiger partial charge in [-0.15, -0.1) is 0 Å². The van der Waals surface area contributed by atoms with Gasteiger partial charge in [-0.25, -0.2) is 4.98 Å². The Morgan fingerprint density at radius 1 is 0.963 bits per heavy atom. The summed E-state index contributed by atoms with van der Waals surface area (Å²) in [6, 6.07) is 14.7. The standard InChI is InChI=1S/C20H24N4O3/c1-3-25-16-11-10-14(12-17(16)26-4-2)19(21)20-22-18(23-24-20)13-27-15-8-6-5-7-9-15/h5-12,19H,3-4,13,21H2,1-2H3,(H,22,23,24). The first-order valence-electron chi connectivity index (χ1n) is 8.95. The monoisotopic (exact) mass is 368 g/mol. The van der Waals surface area contributed by atoms with E-state index < -0.39 is 6.04 Å². The molecule has 0 amide bonds. The van der Waals surface area contributed by atoms with Crippen molar-refractivity contribution in [2.45, 2.75) is 26.5 Å². The van der Waals surface area contributed by atoms with Gasteiger partial charge in [0, 0.05) is 0 Å². The summed E-state index contributed by atoms with van der Waals surface area (Å²) >= 11 is 0. The molecule has 2 aromatic carbocycles. The van der Waals surface area contributed by atoms with E-state index in [1.807, 2.05) is 62.4 Å². The Morgan fingerprint density at radius 3 is 2.44 bits per heavy atom. The van der Waals surface area contributed by atoms with Crippen molar-refractivity contribution < 1.29 is 14.2 Å². The Bertz CT molecular complexity index is 851. The molecule has 0 spiro atoms. The summed E-state index contributed by atoms with van der Waals surface area (Å²) in [6.45, 7) is 5.26. The largest absolute Gasteiger partial charge is 0.490 e. The SMILES string of the molecule is CCOc1ccc(C(N)c2n[nH]c(COc3ccccc3)n2)cc1OCC. The van der Waals surface area contributed by atoms with E-state index in [2.05, 4.69) is 15.2 Å². The molecule has 0 aliphatic carbocycles. The van der Waals surface area contributed by atoms with Crippen LogP contribution in [0.5, 0.6) is 17.2 Å². The van der Waals surface area contributed by atoms with E-state index in [1.165, 1.54) is 0 Å². The van der Waals surface area contributed by atoms with Gasteiger partial charge in [0.1, 0.15) is 12.4 Å². The summed E-state index contributed by atoms with van der Waals surface area (Å²) < 4.78 is 16.9. The molecule has 1 heterocycles. The third-order valence-corrected chi connectivity index (χ3v) is 3.87. The molecule has 0 fully saturated rings. The van der Waals surface area contributed by atoms with E-state index in [4.69, 9.17) is 19.9 Å². The van der Waals surface area contributed by atoms with Crippen molar-refractivity contribution in [1.29, 1.82) is 0 Å². The van der Waals surface area contributed by atoms with Crippen LogP contribution in [0.3, 0.4) is 0 Å². The number of nitrogens with two attached hydrogens (primary N) is 1. The fourth-order valence-corrected chi connectivity index (χ4v) is 2.59. The number of nitrogens with one attached hydrogen (secondary N) is 1.